The van der Waals surface area contributed by atoms with Crippen molar-refractivity contribution in [1.82, 2.24) is 4.98 Å². The van der Waals surface area contributed by atoms with Crippen molar-refractivity contribution in [2.24, 2.45) is 0 Å². The third kappa shape index (κ3) is 3.78. The van der Waals surface area contributed by atoms with Gasteiger partial charge in [-0.1, -0.05) is 12.1 Å². The number of thiophene rings is 1. The molecule has 2 aromatic heterocycles. The van der Waals surface area contributed by atoms with Crippen molar-refractivity contribution < 1.29 is 14.3 Å². The molecular formula is C17H15NO3S2. The number of thiazole rings is 1. The Balaban J connectivity index is 1.66. The van der Waals surface area contributed by atoms with Crippen LogP contribution in [0.3, 0.4) is 0 Å². The summed E-state index contributed by atoms with van der Waals surface area (Å²) in [6.45, 7) is 2.14. The normalized spacial score (nSPS) is 10.5. The maximum atomic E-state index is 11.9. The number of rotatable bonds is 5. The van der Waals surface area contributed by atoms with Crippen LogP contribution in [0.2, 0.25) is 0 Å². The van der Waals surface area contributed by atoms with E-state index in [1.54, 1.807) is 13.2 Å². The highest BCUT2D eigenvalue weighted by atomic mass is 32.1. The summed E-state index contributed by atoms with van der Waals surface area (Å²) < 4.78 is 10.5. The Morgan fingerprint density at radius 3 is 2.87 bits per heavy atom. The van der Waals surface area contributed by atoms with E-state index in [4.69, 9.17) is 9.47 Å². The van der Waals surface area contributed by atoms with Gasteiger partial charge in [-0.15, -0.1) is 22.7 Å². The van der Waals surface area contributed by atoms with Crippen molar-refractivity contribution in [3.63, 3.8) is 0 Å². The van der Waals surface area contributed by atoms with Crippen LogP contribution in [-0.4, -0.2) is 18.1 Å². The zero-order chi connectivity index (χ0) is 16.2. The number of methoxy groups -OCH3 is 1. The number of aryl methyl sites for hydroxylation is 1. The van der Waals surface area contributed by atoms with Crippen LogP contribution in [0.4, 0.5) is 0 Å². The average Bonchev–Trinajstić information content (AvgIpc) is 3.22. The van der Waals surface area contributed by atoms with Gasteiger partial charge in [-0.2, -0.15) is 0 Å². The van der Waals surface area contributed by atoms with Gasteiger partial charge < -0.3 is 9.47 Å². The van der Waals surface area contributed by atoms with Crippen LogP contribution >= 0.6 is 22.7 Å². The Kier molecular flexibility index (Phi) is 4.73. The number of hydrogen-bond donors (Lipinski definition) is 0. The van der Waals surface area contributed by atoms with Crippen molar-refractivity contribution in [2.75, 3.05) is 7.11 Å². The predicted molar refractivity (Wildman–Crippen MR) is 92.3 cm³/mol. The fourth-order valence-corrected chi connectivity index (χ4v) is 3.58. The van der Waals surface area contributed by atoms with Gasteiger partial charge in [0.15, 0.2) is 0 Å². The summed E-state index contributed by atoms with van der Waals surface area (Å²) in [6, 6.07) is 11.4. The molecule has 6 heteroatoms. The van der Waals surface area contributed by atoms with E-state index in [1.807, 2.05) is 42.6 Å². The summed E-state index contributed by atoms with van der Waals surface area (Å²) in [4.78, 5) is 18.2. The van der Waals surface area contributed by atoms with E-state index in [0.717, 1.165) is 26.9 Å². The number of benzene rings is 1. The Morgan fingerprint density at radius 1 is 1.26 bits per heavy atom. The molecule has 0 aliphatic rings. The summed E-state index contributed by atoms with van der Waals surface area (Å²) in [5, 5.41) is 2.78. The van der Waals surface area contributed by atoms with Crippen molar-refractivity contribution in [3.8, 4) is 16.3 Å². The predicted octanol–water partition coefficient (Wildman–Crippen LogP) is 4.55. The van der Waals surface area contributed by atoms with Gasteiger partial charge in [-0.3, -0.25) is 0 Å². The standard InChI is InChI=1S/C17H15NO3S2/c1-11-6-7-15(23-11)17(19)21-9-13-10-22-16(18-13)12-4-3-5-14(8-12)20-2/h3-8,10H,9H2,1-2H3. The zero-order valence-corrected chi connectivity index (χ0v) is 14.4. The van der Waals surface area contributed by atoms with Gasteiger partial charge in [0.05, 0.1) is 12.8 Å². The fraction of sp³-hybridized carbons (Fsp3) is 0.176. The van der Waals surface area contributed by atoms with Crippen LogP contribution in [-0.2, 0) is 11.3 Å². The minimum absolute atomic E-state index is 0.177. The Morgan fingerprint density at radius 2 is 2.13 bits per heavy atom. The number of aromatic nitrogens is 1. The molecule has 0 radical (unpaired) electrons. The second-order valence-electron chi connectivity index (χ2n) is 4.86. The van der Waals surface area contributed by atoms with E-state index in [1.165, 1.54) is 22.7 Å². The van der Waals surface area contributed by atoms with Gasteiger partial charge in [-0.05, 0) is 31.2 Å². The molecule has 0 fully saturated rings. The van der Waals surface area contributed by atoms with E-state index in [2.05, 4.69) is 4.98 Å². The molecule has 0 bridgehead atoms. The molecule has 0 saturated heterocycles. The topological polar surface area (TPSA) is 48.4 Å². The number of esters is 1. The molecule has 0 aliphatic heterocycles. The van der Waals surface area contributed by atoms with Gasteiger partial charge >= 0.3 is 5.97 Å². The lowest BCUT2D eigenvalue weighted by Crippen LogP contribution is -2.03. The lowest BCUT2D eigenvalue weighted by molar-refractivity contribution is 0.0474. The summed E-state index contributed by atoms with van der Waals surface area (Å²) in [6.07, 6.45) is 0. The number of ether oxygens (including phenoxy) is 2. The van der Waals surface area contributed by atoms with Crippen LogP contribution in [0.25, 0.3) is 10.6 Å². The molecule has 0 unspecified atom stereocenters. The highest BCUT2D eigenvalue weighted by Gasteiger charge is 2.11. The van der Waals surface area contributed by atoms with Crippen LogP contribution in [0.1, 0.15) is 20.2 Å². The number of carbonyl (C=O) groups excluding carboxylic acids is 1. The fourth-order valence-electron chi connectivity index (χ4n) is 2.02. The van der Waals surface area contributed by atoms with Gasteiger partial charge in [0, 0.05) is 15.8 Å². The molecule has 0 N–H and O–H groups in total. The summed E-state index contributed by atoms with van der Waals surface area (Å²) >= 11 is 2.95. The number of nitrogens with zero attached hydrogens (tertiary/aromatic N) is 1. The largest absolute Gasteiger partial charge is 0.497 e. The molecule has 2 heterocycles. The molecular weight excluding hydrogens is 330 g/mol. The third-order valence-electron chi connectivity index (χ3n) is 3.16. The Hall–Kier alpha value is -2.18. The minimum atomic E-state index is -0.306. The highest BCUT2D eigenvalue weighted by molar-refractivity contribution is 7.14. The van der Waals surface area contributed by atoms with Crippen molar-refractivity contribution in [2.45, 2.75) is 13.5 Å². The molecule has 0 aliphatic carbocycles. The van der Waals surface area contributed by atoms with Crippen LogP contribution < -0.4 is 4.74 Å². The first-order valence-corrected chi connectivity index (χ1v) is 8.68. The molecule has 3 rings (SSSR count). The number of carbonyl (C=O) groups is 1. The maximum Gasteiger partial charge on any atom is 0.348 e. The van der Waals surface area contributed by atoms with E-state index in [-0.39, 0.29) is 12.6 Å². The van der Waals surface area contributed by atoms with E-state index in [9.17, 15) is 4.79 Å². The Labute approximate surface area is 142 Å². The molecule has 0 amide bonds. The molecule has 0 saturated carbocycles. The zero-order valence-electron chi connectivity index (χ0n) is 12.7. The van der Waals surface area contributed by atoms with Gasteiger partial charge in [0.1, 0.15) is 22.2 Å². The SMILES string of the molecule is COc1cccc(-c2nc(COC(=O)c3ccc(C)s3)cs2)c1. The maximum absolute atomic E-state index is 11.9. The molecule has 4 nitrogen and oxygen atoms in total. The molecule has 0 spiro atoms. The summed E-state index contributed by atoms with van der Waals surface area (Å²) in [7, 11) is 1.64. The molecule has 3 aromatic rings. The highest BCUT2D eigenvalue weighted by Crippen LogP contribution is 2.27. The molecule has 118 valence electrons. The number of hydrogen-bond acceptors (Lipinski definition) is 6. The van der Waals surface area contributed by atoms with E-state index >= 15 is 0 Å². The second kappa shape index (κ2) is 6.93. The Bertz CT molecular complexity index is 823. The van der Waals surface area contributed by atoms with Crippen LogP contribution in [0, 0.1) is 6.92 Å². The molecule has 1 aromatic carbocycles. The quantitative estimate of drug-likeness (QED) is 0.637. The second-order valence-corrected chi connectivity index (χ2v) is 7.01. The first-order chi connectivity index (χ1) is 11.2. The first kappa shape index (κ1) is 15.7. The lowest BCUT2D eigenvalue weighted by atomic mass is 10.2. The monoisotopic (exact) mass is 345 g/mol. The first-order valence-electron chi connectivity index (χ1n) is 6.98. The molecule has 0 atom stereocenters. The third-order valence-corrected chi connectivity index (χ3v) is 5.08. The summed E-state index contributed by atoms with van der Waals surface area (Å²) in [5.74, 6) is 0.484. The van der Waals surface area contributed by atoms with Crippen molar-refractivity contribution >= 4 is 28.6 Å². The van der Waals surface area contributed by atoms with E-state index < -0.39 is 0 Å². The summed E-state index contributed by atoms with van der Waals surface area (Å²) in [5.41, 5.74) is 1.73. The van der Waals surface area contributed by atoms with Crippen LogP contribution in [0.15, 0.2) is 41.8 Å². The lowest BCUT2D eigenvalue weighted by Gasteiger charge is -2.02. The van der Waals surface area contributed by atoms with Gasteiger partial charge in [0.25, 0.3) is 0 Å². The van der Waals surface area contributed by atoms with E-state index in [0.29, 0.717) is 4.88 Å². The van der Waals surface area contributed by atoms with Crippen molar-refractivity contribution in [3.05, 3.63) is 57.2 Å². The minimum Gasteiger partial charge on any atom is -0.497 e. The van der Waals surface area contributed by atoms with Crippen LogP contribution in [0.5, 0.6) is 5.75 Å². The van der Waals surface area contributed by atoms with Gasteiger partial charge in [-0.25, -0.2) is 9.78 Å². The smallest absolute Gasteiger partial charge is 0.348 e. The van der Waals surface area contributed by atoms with Crippen molar-refractivity contribution in [1.29, 1.82) is 0 Å². The molecule has 23 heavy (non-hydrogen) atoms. The average molecular weight is 345 g/mol. The van der Waals surface area contributed by atoms with Gasteiger partial charge in [0.2, 0.25) is 0 Å².